The third-order valence-corrected chi connectivity index (χ3v) is 3.42. The van der Waals surface area contributed by atoms with Crippen molar-refractivity contribution in [3.05, 3.63) is 84.7 Å². The molecule has 2 rings (SSSR count). The third kappa shape index (κ3) is 4.73. The Hall–Kier alpha value is -2.52. The maximum atomic E-state index is 13.1. The van der Waals surface area contributed by atoms with E-state index in [-0.39, 0.29) is 5.82 Å². The molecule has 23 heavy (non-hydrogen) atoms. The zero-order chi connectivity index (χ0) is 17.4. The van der Waals surface area contributed by atoms with Crippen LogP contribution in [0.2, 0.25) is 5.02 Å². The monoisotopic (exact) mass is 330 g/mol. The maximum Gasteiger partial charge on any atom is 0.124 e. The molecule has 0 saturated heterocycles. The Morgan fingerprint density at radius 3 is 2.48 bits per heavy atom. The second-order valence-electron chi connectivity index (χ2n) is 4.50. The van der Waals surface area contributed by atoms with Crippen LogP contribution in [-0.4, -0.2) is 0 Å². The Morgan fingerprint density at radius 1 is 1.22 bits per heavy atom. The van der Waals surface area contributed by atoms with Crippen LogP contribution in [-0.2, 0) is 0 Å². The summed E-state index contributed by atoms with van der Waals surface area (Å²) in [6.45, 7) is 11.7. The molecule has 0 heterocycles. The molecular formula is C19H20ClFN2. The van der Waals surface area contributed by atoms with Gasteiger partial charge in [0.15, 0.2) is 0 Å². The number of nitrogen functional groups attached to an aromatic ring is 1. The zero-order valence-electron chi connectivity index (χ0n) is 13.1. The first kappa shape index (κ1) is 18.5. The predicted octanol–water partition coefficient (Wildman–Crippen LogP) is 6.20. The smallest absolute Gasteiger partial charge is 0.124 e. The summed E-state index contributed by atoms with van der Waals surface area (Å²) < 4.78 is 13.1. The quantitative estimate of drug-likeness (QED) is 0.398. The lowest BCUT2D eigenvalue weighted by Crippen LogP contribution is -1.97. The van der Waals surface area contributed by atoms with Crippen molar-refractivity contribution >= 4 is 34.2 Å². The Bertz CT molecular complexity index is 723. The fraction of sp³-hybridized carbons (Fsp3) is 0.0526. The average Bonchev–Trinajstić information content (AvgIpc) is 2.56. The van der Waals surface area contributed by atoms with Crippen LogP contribution in [0.15, 0.2) is 68.3 Å². The van der Waals surface area contributed by atoms with Gasteiger partial charge in [-0.2, -0.15) is 0 Å². The highest BCUT2D eigenvalue weighted by atomic mass is 35.5. The van der Waals surface area contributed by atoms with E-state index in [1.165, 1.54) is 12.1 Å². The molecule has 0 radical (unpaired) electrons. The molecule has 2 nitrogen and oxygen atoms in total. The summed E-state index contributed by atoms with van der Waals surface area (Å²) in [6.07, 6.45) is 3.69. The molecule has 0 bridgehead atoms. The van der Waals surface area contributed by atoms with Crippen LogP contribution >= 0.6 is 11.6 Å². The van der Waals surface area contributed by atoms with E-state index in [9.17, 15) is 4.39 Å². The van der Waals surface area contributed by atoms with Gasteiger partial charge >= 0.3 is 0 Å². The lowest BCUT2D eigenvalue weighted by Gasteiger charge is -2.12. The number of halogens is 2. The maximum absolute atomic E-state index is 13.1. The van der Waals surface area contributed by atoms with Gasteiger partial charge < -0.3 is 11.1 Å². The molecule has 0 aromatic heterocycles. The lowest BCUT2D eigenvalue weighted by atomic mass is 10.0. The van der Waals surface area contributed by atoms with Crippen molar-refractivity contribution in [1.29, 1.82) is 0 Å². The predicted molar refractivity (Wildman–Crippen MR) is 101 cm³/mol. The molecular weight excluding hydrogens is 311 g/mol. The number of nitrogens with one attached hydrogen (secondary N) is 1. The number of hydrogen-bond donors (Lipinski definition) is 2. The van der Waals surface area contributed by atoms with Gasteiger partial charge in [-0.25, -0.2) is 4.39 Å². The van der Waals surface area contributed by atoms with E-state index in [1.807, 2.05) is 31.2 Å². The Kier molecular flexibility index (Phi) is 7.10. The minimum atomic E-state index is -0.369. The van der Waals surface area contributed by atoms with Crippen molar-refractivity contribution in [2.24, 2.45) is 0 Å². The fourth-order valence-electron chi connectivity index (χ4n) is 2.01. The van der Waals surface area contributed by atoms with E-state index in [2.05, 4.69) is 25.1 Å². The molecule has 0 fully saturated rings. The first-order chi connectivity index (χ1) is 11.0. The summed E-state index contributed by atoms with van der Waals surface area (Å²) in [7, 11) is 0. The van der Waals surface area contributed by atoms with Gasteiger partial charge in [0.25, 0.3) is 0 Å². The number of anilines is 3. The van der Waals surface area contributed by atoms with E-state index in [4.69, 9.17) is 17.3 Å². The largest absolute Gasteiger partial charge is 0.398 e. The molecule has 0 spiro atoms. The average molecular weight is 331 g/mol. The van der Waals surface area contributed by atoms with Crippen molar-refractivity contribution in [2.45, 2.75) is 6.92 Å². The number of allylic oxidation sites excluding steroid dienone is 3. The van der Waals surface area contributed by atoms with E-state index in [1.54, 1.807) is 12.1 Å². The number of hydrogen-bond acceptors (Lipinski definition) is 2. The first-order valence-corrected chi connectivity index (χ1v) is 7.33. The molecule has 0 aliphatic rings. The molecule has 0 atom stereocenters. The molecule has 0 saturated carbocycles. The Morgan fingerprint density at radius 2 is 1.91 bits per heavy atom. The highest BCUT2D eigenvalue weighted by molar-refractivity contribution is 6.33. The van der Waals surface area contributed by atoms with Crippen LogP contribution in [0.5, 0.6) is 0 Å². The number of benzene rings is 2. The van der Waals surface area contributed by atoms with Crippen LogP contribution in [0.25, 0.3) is 5.57 Å². The lowest BCUT2D eigenvalue weighted by molar-refractivity contribution is 0.628. The summed E-state index contributed by atoms with van der Waals surface area (Å²) >= 11 is 6.01. The highest BCUT2D eigenvalue weighted by Crippen LogP contribution is 2.30. The molecule has 0 aliphatic heterocycles. The molecule has 120 valence electrons. The number of nitrogens with two attached hydrogens (primary N) is 1. The summed E-state index contributed by atoms with van der Waals surface area (Å²) in [5.41, 5.74) is 9.94. The van der Waals surface area contributed by atoms with Gasteiger partial charge in [-0.1, -0.05) is 30.3 Å². The molecule has 0 aliphatic carbocycles. The molecule has 3 N–H and O–H groups in total. The normalized spacial score (nSPS) is 10.5. The van der Waals surface area contributed by atoms with Crippen molar-refractivity contribution in [1.82, 2.24) is 0 Å². The topological polar surface area (TPSA) is 38.0 Å². The Labute approximate surface area is 141 Å². The van der Waals surface area contributed by atoms with Crippen LogP contribution < -0.4 is 11.1 Å². The van der Waals surface area contributed by atoms with Gasteiger partial charge in [0.1, 0.15) is 5.82 Å². The van der Waals surface area contributed by atoms with Crippen LogP contribution in [0.1, 0.15) is 12.5 Å². The molecule has 4 heteroatoms. The molecule has 2 aromatic carbocycles. The first-order valence-electron chi connectivity index (χ1n) is 6.96. The third-order valence-electron chi connectivity index (χ3n) is 3.11. The van der Waals surface area contributed by atoms with Gasteiger partial charge in [-0.3, -0.25) is 0 Å². The van der Waals surface area contributed by atoms with E-state index in [0.717, 1.165) is 16.8 Å². The van der Waals surface area contributed by atoms with Gasteiger partial charge in [0.2, 0.25) is 0 Å². The van der Waals surface area contributed by atoms with E-state index >= 15 is 0 Å². The van der Waals surface area contributed by atoms with Crippen LogP contribution in [0.4, 0.5) is 21.5 Å². The summed E-state index contributed by atoms with van der Waals surface area (Å²) in [5.74, 6) is -0.369. The van der Waals surface area contributed by atoms with Gasteiger partial charge in [-0.05, 0) is 48.9 Å². The van der Waals surface area contributed by atoms with Crippen molar-refractivity contribution in [3.63, 3.8) is 0 Å². The molecule has 0 amide bonds. The summed E-state index contributed by atoms with van der Waals surface area (Å²) in [4.78, 5) is 0. The second kappa shape index (κ2) is 8.81. The SMILES string of the molecule is C=C.C=C/C(=C\C)c1cc(Nc2ccc(F)cc2Cl)ccc1N. The molecule has 0 unspecified atom stereocenters. The zero-order valence-corrected chi connectivity index (χ0v) is 13.8. The molecule has 2 aromatic rings. The van der Waals surface area contributed by atoms with Crippen molar-refractivity contribution < 1.29 is 4.39 Å². The van der Waals surface area contributed by atoms with Crippen molar-refractivity contribution in [2.75, 3.05) is 11.1 Å². The minimum absolute atomic E-state index is 0.323. The van der Waals surface area contributed by atoms with E-state index in [0.29, 0.717) is 16.4 Å². The van der Waals surface area contributed by atoms with Crippen LogP contribution in [0, 0.1) is 5.82 Å². The highest BCUT2D eigenvalue weighted by Gasteiger charge is 2.06. The standard InChI is InChI=1S/C17H16ClFN2.C2H4/c1-3-11(4-2)14-10-13(6-7-16(14)20)21-17-8-5-12(19)9-15(17)18;1-2/h3-10,21H,1,20H2,2H3;1-2H2/b11-4+;. The minimum Gasteiger partial charge on any atom is -0.398 e. The van der Waals surface area contributed by atoms with Crippen LogP contribution in [0.3, 0.4) is 0 Å². The Balaban J connectivity index is 0.00000127. The van der Waals surface area contributed by atoms with Crippen molar-refractivity contribution in [3.8, 4) is 0 Å². The second-order valence-corrected chi connectivity index (χ2v) is 4.91. The van der Waals surface area contributed by atoms with Gasteiger partial charge in [0.05, 0.1) is 10.7 Å². The van der Waals surface area contributed by atoms with E-state index < -0.39 is 0 Å². The van der Waals surface area contributed by atoms with Gasteiger partial charge in [0, 0.05) is 16.9 Å². The van der Waals surface area contributed by atoms with Gasteiger partial charge in [-0.15, -0.1) is 13.2 Å². The summed E-state index contributed by atoms with van der Waals surface area (Å²) in [6, 6.07) is 9.78. The fourth-order valence-corrected chi connectivity index (χ4v) is 2.23. The summed E-state index contributed by atoms with van der Waals surface area (Å²) in [5, 5.41) is 3.48. The number of rotatable bonds is 4.